The number of hydrogen-bond donors (Lipinski definition) is 0. The maximum atomic E-state index is 12.0. The Kier molecular flexibility index (Phi) is 6.00. The highest BCUT2D eigenvalue weighted by atomic mass is 16.7. The average Bonchev–Trinajstić information content (AvgIpc) is 3.26. The number of benzene rings is 3. The van der Waals surface area contributed by atoms with Crippen LogP contribution < -0.4 is 23.7 Å². The van der Waals surface area contributed by atoms with Crippen LogP contribution in [0, 0.1) is 6.92 Å². The summed E-state index contributed by atoms with van der Waals surface area (Å²) in [5.41, 5.74) is 2.97. The Labute approximate surface area is 190 Å². The summed E-state index contributed by atoms with van der Waals surface area (Å²) in [6, 6.07) is 9.19. The summed E-state index contributed by atoms with van der Waals surface area (Å²) in [5, 5.41) is 1.38. The fourth-order valence-electron chi connectivity index (χ4n) is 3.97. The minimum atomic E-state index is -0.469. The highest BCUT2D eigenvalue weighted by Gasteiger charge is 2.24. The summed E-state index contributed by atoms with van der Waals surface area (Å²) < 4.78 is 33.1. The molecule has 0 spiro atoms. The predicted octanol–water partition coefficient (Wildman–Crippen LogP) is 4.55. The monoisotopic (exact) mass is 452 g/mol. The first-order valence-electron chi connectivity index (χ1n) is 10.3. The molecule has 8 heteroatoms. The second kappa shape index (κ2) is 8.90. The standard InChI is InChI=1S/C25H24O8/c1-13-19(11-30-14(2)26)24(16-6-7-20-23(8-16)32-12-31-20)17-9-21(28-4)22(29-5)10-18(17)25(13)33-15(3)27/h6-10H,11-12H2,1-5H3. The van der Waals surface area contributed by atoms with Crippen molar-refractivity contribution in [3.05, 3.63) is 41.5 Å². The van der Waals surface area contributed by atoms with Crippen molar-refractivity contribution in [3.8, 4) is 39.9 Å². The van der Waals surface area contributed by atoms with Crippen LogP contribution in [0.15, 0.2) is 30.3 Å². The molecule has 0 amide bonds. The molecule has 0 saturated carbocycles. The quantitative estimate of drug-likeness (QED) is 0.398. The highest BCUT2D eigenvalue weighted by molar-refractivity contribution is 6.05. The lowest BCUT2D eigenvalue weighted by atomic mass is 9.89. The molecule has 3 aromatic rings. The van der Waals surface area contributed by atoms with Crippen molar-refractivity contribution < 1.29 is 38.0 Å². The van der Waals surface area contributed by atoms with Gasteiger partial charge in [-0.2, -0.15) is 0 Å². The summed E-state index contributed by atoms with van der Waals surface area (Å²) in [4.78, 5) is 23.6. The number of ether oxygens (including phenoxy) is 6. The van der Waals surface area contributed by atoms with E-state index < -0.39 is 11.9 Å². The average molecular weight is 452 g/mol. The van der Waals surface area contributed by atoms with E-state index in [9.17, 15) is 9.59 Å². The molecule has 0 aromatic heterocycles. The Hall–Kier alpha value is -3.94. The first kappa shape index (κ1) is 22.3. The summed E-state index contributed by atoms with van der Waals surface area (Å²) in [7, 11) is 3.08. The second-order valence-electron chi connectivity index (χ2n) is 7.50. The third-order valence-electron chi connectivity index (χ3n) is 5.46. The largest absolute Gasteiger partial charge is 0.493 e. The predicted molar refractivity (Wildman–Crippen MR) is 120 cm³/mol. The van der Waals surface area contributed by atoms with Crippen molar-refractivity contribution in [2.45, 2.75) is 27.4 Å². The second-order valence-corrected chi connectivity index (χ2v) is 7.50. The number of esters is 2. The van der Waals surface area contributed by atoms with E-state index in [4.69, 9.17) is 28.4 Å². The molecule has 33 heavy (non-hydrogen) atoms. The normalized spacial score (nSPS) is 11.9. The van der Waals surface area contributed by atoms with E-state index in [0.717, 1.165) is 16.5 Å². The number of carbonyl (C=O) groups excluding carboxylic acids is 2. The molecule has 0 N–H and O–H groups in total. The van der Waals surface area contributed by atoms with Crippen LogP contribution in [0.25, 0.3) is 21.9 Å². The first-order valence-corrected chi connectivity index (χ1v) is 10.3. The van der Waals surface area contributed by atoms with Crippen molar-refractivity contribution in [1.82, 2.24) is 0 Å². The number of carbonyl (C=O) groups is 2. The maximum Gasteiger partial charge on any atom is 0.308 e. The van der Waals surface area contributed by atoms with Crippen LogP contribution >= 0.6 is 0 Å². The van der Waals surface area contributed by atoms with Crippen LogP contribution in [-0.4, -0.2) is 33.0 Å². The van der Waals surface area contributed by atoms with Gasteiger partial charge in [-0.1, -0.05) is 6.07 Å². The van der Waals surface area contributed by atoms with Crippen LogP contribution in [0.4, 0.5) is 0 Å². The van der Waals surface area contributed by atoms with E-state index in [2.05, 4.69) is 0 Å². The van der Waals surface area contributed by atoms with Crippen molar-refractivity contribution in [2.75, 3.05) is 21.0 Å². The van der Waals surface area contributed by atoms with Gasteiger partial charge in [-0.15, -0.1) is 0 Å². The molecule has 0 radical (unpaired) electrons. The lowest BCUT2D eigenvalue weighted by molar-refractivity contribution is -0.142. The minimum absolute atomic E-state index is 0.0104. The number of methoxy groups -OCH3 is 2. The Morgan fingerprint density at radius 2 is 1.58 bits per heavy atom. The third-order valence-corrected chi connectivity index (χ3v) is 5.46. The van der Waals surface area contributed by atoms with Gasteiger partial charge >= 0.3 is 11.9 Å². The summed E-state index contributed by atoms with van der Waals surface area (Å²) in [5.74, 6) is 1.73. The molecule has 0 saturated heterocycles. The fourth-order valence-corrected chi connectivity index (χ4v) is 3.97. The zero-order chi connectivity index (χ0) is 23.7. The molecular weight excluding hydrogens is 428 g/mol. The van der Waals surface area contributed by atoms with Gasteiger partial charge in [-0.05, 0) is 53.3 Å². The smallest absolute Gasteiger partial charge is 0.308 e. The van der Waals surface area contributed by atoms with Crippen LogP contribution in [0.2, 0.25) is 0 Å². The van der Waals surface area contributed by atoms with E-state index in [1.165, 1.54) is 21.0 Å². The molecule has 0 atom stereocenters. The maximum absolute atomic E-state index is 12.0. The molecule has 8 nitrogen and oxygen atoms in total. The van der Waals surface area contributed by atoms with Gasteiger partial charge in [-0.25, -0.2) is 0 Å². The Bertz CT molecular complexity index is 1260. The van der Waals surface area contributed by atoms with E-state index in [1.807, 2.05) is 31.2 Å². The third kappa shape index (κ3) is 4.11. The molecule has 4 rings (SSSR count). The number of hydrogen-bond acceptors (Lipinski definition) is 8. The number of fused-ring (bicyclic) bond motifs is 2. The number of rotatable bonds is 6. The zero-order valence-electron chi connectivity index (χ0n) is 19.1. The van der Waals surface area contributed by atoms with Crippen LogP contribution in [0.5, 0.6) is 28.7 Å². The molecule has 1 aliphatic rings. The Balaban J connectivity index is 2.10. The summed E-state index contributed by atoms with van der Waals surface area (Å²) >= 11 is 0. The van der Waals surface area contributed by atoms with Crippen molar-refractivity contribution in [3.63, 3.8) is 0 Å². The van der Waals surface area contributed by atoms with Gasteiger partial charge in [-0.3, -0.25) is 9.59 Å². The molecule has 3 aromatic carbocycles. The fraction of sp³-hybridized carbons (Fsp3) is 0.280. The zero-order valence-corrected chi connectivity index (χ0v) is 19.1. The molecule has 172 valence electrons. The lowest BCUT2D eigenvalue weighted by Gasteiger charge is -2.21. The summed E-state index contributed by atoms with van der Waals surface area (Å²) in [6.45, 7) is 4.64. The summed E-state index contributed by atoms with van der Waals surface area (Å²) in [6.07, 6.45) is 0. The van der Waals surface area contributed by atoms with E-state index in [1.54, 1.807) is 13.2 Å². The molecule has 0 fully saturated rings. The van der Waals surface area contributed by atoms with E-state index >= 15 is 0 Å². The molecular formula is C25H24O8. The van der Waals surface area contributed by atoms with Crippen LogP contribution in [0.3, 0.4) is 0 Å². The van der Waals surface area contributed by atoms with Crippen LogP contribution in [-0.2, 0) is 20.9 Å². The van der Waals surface area contributed by atoms with Gasteiger partial charge in [0.2, 0.25) is 6.79 Å². The van der Waals surface area contributed by atoms with Gasteiger partial charge < -0.3 is 28.4 Å². The van der Waals surface area contributed by atoms with Gasteiger partial charge in [0.15, 0.2) is 23.0 Å². The van der Waals surface area contributed by atoms with Gasteiger partial charge in [0.05, 0.1) is 14.2 Å². The Morgan fingerprint density at radius 3 is 2.21 bits per heavy atom. The van der Waals surface area contributed by atoms with Gasteiger partial charge in [0.25, 0.3) is 0 Å². The molecule has 0 bridgehead atoms. The topological polar surface area (TPSA) is 89.5 Å². The first-order chi connectivity index (χ1) is 15.8. The van der Waals surface area contributed by atoms with Crippen molar-refractivity contribution in [1.29, 1.82) is 0 Å². The van der Waals surface area contributed by atoms with Crippen molar-refractivity contribution >= 4 is 22.7 Å². The van der Waals surface area contributed by atoms with E-state index in [-0.39, 0.29) is 13.4 Å². The van der Waals surface area contributed by atoms with Crippen LogP contribution in [0.1, 0.15) is 25.0 Å². The van der Waals surface area contributed by atoms with E-state index in [0.29, 0.717) is 45.3 Å². The Morgan fingerprint density at radius 1 is 0.909 bits per heavy atom. The highest BCUT2D eigenvalue weighted by Crippen LogP contribution is 2.47. The molecule has 0 unspecified atom stereocenters. The lowest BCUT2D eigenvalue weighted by Crippen LogP contribution is -2.09. The molecule has 0 aliphatic carbocycles. The molecule has 1 aliphatic heterocycles. The van der Waals surface area contributed by atoms with Crippen molar-refractivity contribution in [2.24, 2.45) is 0 Å². The van der Waals surface area contributed by atoms with Gasteiger partial charge in [0.1, 0.15) is 12.4 Å². The minimum Gasteiger partial charge on any atom is -0.493 e. The molecule has 1 heterocycles. The van der Waals surface area contributed by atoms with Gasteiger partial charge in [0, 0.05) is 24.8 Å². The SMILES string of the molecule is COc1cc2c(OC(C)=O)c(C)c(COC(C)=O)c(-c3ccc4c(c3)OCO4)c2cc1OC.